The third-order valence-electron chi connectivity index (χ3n) is 10.1. The normalized spacial score (nSPS) is 14.2. The minimum absolute atomic E-state index is 0.145. The zero-order valence-electron chi connectivity index (χ0n) is 38.2. The van der Waals surface area contributed by atoms with E-state index in [1.807, 2.05) is 0 Å². The Labute approximate surface area is 370 Å². The SMILES string of the molecule is CC/C=C\C/C=C\C/C=C\C/C=C\C/C=C\CCCCCC(=O)OCC(O)COP(=O)(O)OCC(NC(=O)CCCCCCCCCCCCCCCCCCCC)C(=O)O. The molecule has 0 aromatic heterocycles. The monoisotopic (exact) mass is 880 g/mol. The van der Waals surface area contributed by atoms with E-state index in [4.69, 9.17) is 13.8 Å². The number of hydrogen-bond donors (Lipinski definition) is 4. The van der Waals surface area contributed by atoms with Crippen LogP contribution in [0.4, 0.5) is 0 Å². The summed E-state index contributed by atoms with van der Waals surface area (Å²) in [7, 11) is -4.77. The Bertz CT molecular complexity index is 1260. The third-order valence-corrected chi connectivity index (χ3v) is 11.0. The molecular weight excluding hydrogens is 794 g/mol. The molecule has 0 saturated heterocycles. The molecule has 0 fully saturated rings. The average Bonchev–Trinajstić information content (AvgIpc) is 3.24. The molecule has 352 valence electrons. The van der Waals surface area contributed by atoms with Gasteiger partial charge in [0.2, 0.25) is 5.91 Å². The lowest BCUT2D eigenvalue weighted by atomic mass is 10.0. The van der Waals surface area contributed by atoms with E-state index in [1.54, 1.807) is 0 Å². The molecule has 0 spiro atoms. The lowest BCUT2D eigenvalue weighted by molar-refractivity contribution is -0.147. The van der Waals surface area contributed by atoms with E-state index >= 15 is 0 Å². The summed E-state index contributed by atoms with van der Waals surface area (Å²) in [5.41, 5.74) is 0. The number of carboxylic acid groups (broad SMARTS) is 1. The molecule has 0 aromatic rings. The first-order valence-electron chi connectivity index (χ1n) is 23.8. The lowest BCUT2D eigenvalue weighted by Gasteiger charge is -2.18. The minimum Gasteiger partial charge on any atom is -0.480 e. The number of phosphoric acid groups is 1. The van der Waals surface area contributed by atoms with Gasteiger partial charge in [-0.1, -0.05) is 190 Å². The molecule has 0 saturated carbocycles. The van der Waals surface area contributed by atoms with E-state index in [1.165, 1.54) is 89.9 Å². The van der Waals surface area contributed by atoms with E-state index in [0.29, 0.717) is 12.8 Å². The topological polar surface area (TPSA) is 169 Å². The van der Waals surface area contributed by atoms with Gasteiger partial charge in [-0.3, -0.25) is 18.6 Å². The molecule has 0 aliphatic heterocycles. The van der Waals surface area contributed by atoms with Crippen LogP contribution in [0.2, 0.25) is 0 Å². The number of amides is 1. The van der Waals surface area contributed by atoms with Gasteiger partial charge in [-0.15, -0.1) is 0 Å². The van der Waals surface area contributed by atoms with Gasteiger partial charge in [-0.05, 0) is 57.8 Å². The summed E-state index contributed by atoms with van der Waals surface area (Å²) in [6, 6.07) is -1.55. The summed E-state index contributed by atoms with van der Waals surface area (Å²) >= 11 is 0. The van der Waals surface area contributed by atoms with Crippen LogP contribution in [0.15, 0.2) is 60.8 Å². The van der Waals surface area contributed by atoms with Gasteiger partial charge in [0, 0.05) is 12.8 Å². The quantitative estimate of drug-likeness (QED) is 0.0200. The number of ether oxygens (including phenoxy) is 1. The van der Waals surface area contributed by atoms with E-state index in [-0.39, 0.29) is 12.8 Å². The Morgan fingerprint density at radius 1 is 0.541 bits per heavy atom. The number of aliphatic hydroxyl groups excluding tert-OH is 1. The molecule has 1 amide bonds. The molecule has 3 unspecified atom stereocenters. The summed E-state index contributed by atoms with van der Waals surface area (Å²) in [6.45, 7) is 2.46. The Morgan fingerprint density at radius 2 is 0.951 bits per heavy atom. The van der Waals surface area contributed by atoms with Crippen LogP contribution in [0, 0.1) is 0 Å². The maximum atomic E-state index is 12.3. The van der Waals surface area contributed by atoms with Crippen LogP contribution in [0.25, 0.3) is 0 Å². The molecule has 0 rings (SSSR count). The molecule has 0 radical (unpaired) electrons. The number of esters is 1. The first-order chi connectivity index (χ1) is 29.6. The van der Waals surface area contributed by atoms with E-state index < -0.39 is 57.6 Å². The maximum absolute atomic E-state index is 12.3. The smallest absolute Gasteiger partial charge is 0.472 e. The fourth-order valence-corrected chi connectivity index (χ4v) is 7.17. The van der Waals surface area contributed by atoms with Crippen molar-refractivity contribution in [2.75, 3.05) is 19.8 Å². The fourth-order valence-electron chi connectivity index (χ4n) is 6.40. The molecule has 0 aliphatic carbocycles. The number of carbonyl (C=O) groups is 3. The molecular formula is C49H86NO10P. The molecule has 3 atom stereocenters. The Hall–Kier alpha value is -2.82. The van der Waals surface area contributed by atoms with Crippen LogP contribution in [0.5, 0.6) is 0 Å². The van der Waals surface area contributed by atoms with Crippen molar-refractivity contribution in [1.82, 2.24) is 5.32 Å². The number of nitrogens with one attached hydrogen (secondary N) is 1. The van der Waals surface area contributed by atoms with Crippen LogP contribution in [-0.4, -0.2) is 64.9 Å². The number of phosphoric ester groups is 1. The molecule has 0 aromatic carbocycles. The van der Waals surface area contributed by atoms with Crippen molar-refractivity contribution in [3.05, 3.63) is 60.8 Å². The largest absolute Gasteiger partial charge is 0.480 e. The van der Waals surface area contributed by atoms with Gasteiger partial charge < -0.3 is 25.2 Å². The summed E-state index contributed by atoms with van der Waals surface area (Å²) < 4.78 is 26.9. The summed E-state index contributed by atoms with van der Waals surface area (Å²) in [5.74, 6) is -2.40. The maximum Gasteiger partial charge on any atom is 0.472 e. The number of rotatable bonds is 44. The first-order valence-corrected chi connectivity index (χ1v) is 25.3. The molecule has 11 nitrogen and oxygen atoms in total. The number of aliphatic hydroxyl groups is 1. The van der Waals surface area contributed by atoms with Crippen molar-refractivity contribution in [2.24, 2.45) is 0 Å². The highest BCUT2D eigenvalue weighted by Gasteiger charge is 2.28. The summed E-state index contributed by atoms with van der Waals surface area (Å²) in [4.78, 5) is 46.0. The van der Waals surface area contributed by atoms with Gasteiger partial charge in [-0.2, -0.15) is 0 Å². The molecule has 4 N–H and O–H groups in total. The van der Waals surface area contributed by atoms with Gasteiger partial charge in [0.25, 0.3) is 0 Å². The van der Waals surface area contributed by atoms with Crippen molar-refractivity contribution >= 4 is 25.7 Å². The second-order valence-corrected chi connectivity index (χ2v) is 17.4. The number of hydrogen-bond acceptors (Lipinski definition) is 8. The fraction of sp³-hybridized carbons (Fsp3) is 0.735. The van der Waals surface area contributed by atoms with Gasteiger partial charge in [0.05, 0.1) is 13.2 Å². The van der Waals surface area contributed by atoms with Crippen LogP contribution in [-0.2, 0) is 32.7 Å². The second-order valence-electron chi connectivity index (χ2n) is 15.9. The van der Waals surface area contributed by atoms with Crippen LogP contribution >= 0.6 is 7.82 Å². The number of aliphatic carboxylic acids is 1. The molecule has 0 aliphatic rings. The van der Waals surface area contributed by atoms with Gasteiger partial charge in [-0.25, -0.2) is 9.36 Å². The standard InChI is InChI=1S/C49H86NO10P/c1-3-5-7-9-11-13-15-17-19-21-23-25-27-29-31-33-35-37-39-41-48(53)58-42-45(51)43-59-61(56,57)60-44-46(49(54)55)50-47(52)40-38-36-34-32-30-28-26-24-22-20-18-16-14-12-10-8-6-4-2/h5,7,11,13,17,19,23,25,29,31,45-46,51H,3-4,6,8-10,12,14-16,18,20-22,24,26-28,30,32-44H2,1-2H3,(H,50,52)(H,54,55)(H,56,57)/b7-5-,13-11-,19-17-,25-23-,31-29-. The van der Waals surface area contributed by atoms with Crippen molar-refractivity contribution in [3.8, 4) is 0 Å². The van der Waals surface area contributed by atoms with Crippen molar-refractivity contribution < 1.29 is 47.8 Å². The van der Waals surface area contributed by atoms with Crippen molar-refractivity contribution in [1.29, 1.82) is 0 Å². The number of carbonyl (C=O) groups excluding carboxylic acids is 2. The van der Waals surface area contributed by atoms with Gasteiger partial charge in [0.15, 0.2) is 6.04 Å². The van der Waals surface area contributed by atoms with E-state index in [2.05, 4.69) is 79.9 Å². The molecule has 61 heavy (non-hydrogen) atoms. The number of carboxylic acids is 1. The molecule has 0 bridgehead atoms. The molecule has 0 heterocycles. The lowest BCUT2D eigenvalue weighted by Crippen LogP contribution is -2.43. The van der Waals surface area contributed by atoms with Gasteiger partial charge in [0.1, 0.15) is 12.7 Å². The first kappa shape index (κ1) is 58.2. The number of allylic oxidation sites excluding steroid dienone is 10. The second kappa shape index (κ2) is 43.8. The number of unbranched alkanes of at least 4 members (excludes halogenated alkanes) is 20. The van der Waals surface area contributed by atoms with Crippen LogP contribution < -0.4 is 5.32 Å². The Kier molecular flexibility index (Phi) is 41.8. The minimum atomic E-state index is -4.77. The predicted molar refractivity (Wildman–Crippen MR) is 249 cm³/mol. The Morgan fingerprint density at radius 3 is 1.43 bits per heavy atom. The zero-order valence-corrected chi connectivity index (χ0v) is 39.1. The third kappa shape index (κ3) is 43.6. The molecule has 12 heteroatoms. The Balaban J connectivity index is 3.91. The van der Waals surface area contributed by atoms with Crippen molar-refractivity contribution in [3.63, 3.8) is 0 Å². The van der Waals surface area contributed by atoms with Gasteiger partial charge >= 0.3 is 19.8 Å². The summed E-state index contributed by atoms with van der Waals surface area (Å²) in [6.07, 6.45) is 51.0. The highest BCUT2D eigenvalue weighted by atomic mass is 31.2. The predicted octanol–water partition coefficient (Wildman–Crippen LogP) is 12.7. The van der Waals surface area contributed by atoms with Crippen LogP contribution in [0.3, 0.4) is 0 Å². The van der Waals surface area contributed by atoms with E-state index in [9.17, 15) is 34.1 Å². The van der Waals surface area contributed by atoms with Crippen molar-refractivity contribution in [2.45, 2.75) is 212 Å². The average molecular weight is 880 g/mol. The van der Waals surface area contributed by atoms with Crippen LogP contribution in [0.1, 0.15) is 200 Å². The highest BCUT2D eigenvalue weighted by molar-refractivity contribution is 7.47. The van der Waals surface area contributed by atoms with E-state index in [0.717, 1.165) is 70.6 Å². The summed E-state index contributed by atoms with van der Waals surface area (Å²) in [5, 5.41) is 21.9. The zero-order chi connectivity index (χ0) is 44.9. The highest BCUT2D eigenvalue weighted by Crippen LogP contribution is 2.43.